The van der Waals surface area contributed by atoms with Crippen LogP contribution < -0.4 is 4.90 Å². The Morgan fingerprint density at radius 3 is 2.26 bits per heavy atom. The summed E-state index contributed by atoms with van der Waals surface area (Å²) >= 11 is 0. The molecule has 1 N–H and O–H groups in total. The van der Waals surface area contributed by atoms with Gasteiger partial charge in [0.2, 0.25) is 0 Å². The topological polar surface area (TPSA) is 40.5 Å². The van der Waals surface area contributed by atoms with Crippen LogP contribution >= 0.6 is 0 Å². The van der Waals surface area contributed by atoms with Crippen molar-refractivity contribution in [2.24, 2.45) is 5.41 Å². The van der Waals surface area contributed by atoms with Crippen molar-refractivity contribution in [3.63, 3.8) is 0 Å². The van der Waals surface area contributed by atoms with Crippen molar-refractivity contribution in [1.82, 2.24) is 0 Å². The van der Waals surface area contributed by atoms with Crippen LogP contribution in [-0.2, 0) is 4.79 Å². The number of carbonyl (C=O) groups is 1. The molecule has 2 rings (SSSR count). The first kappa shape index (κ1) is 13.9. The van der Waals surface area contributed by atoms with Crippen molar-refractivity contribution in [3.05, 3.63) is 29.3 Å². The minimum atomic E-state index is -0.678. The van der Waals surface area contributed by atoms with Crippen LogP contribution in [0.4, 0.5) is 5.69 Å². The van der Waals surface area contributed by atoms with Gasteiger partial charge < -0.3 is 10.0 Å². The van der Waals surface area contributed by atoms with Gasteiger partial charge in [-0.15, -0.1) is 0 Å². The molecule has 1 aromatic rings. The summed E-state index contributed by atoms with van der Waals surface area (Å²) in [4.78, 5) is 13.3. The fourth-order valence-corrected chi connectivity index (χ4v) is 3.12. The predicted octanol–water partition coefficient (Wildman–Crippen LogP) is 3.38. The Morgan fingerprint density at radius 2 is 1.79 bits per heavy atom. The third kappa shape index (κ3) is 3.09. The molecule has 3 heteroatoms. The predicted molar refractivity (Wildman–Crippen MR) is 77.7 cm³/mol. The Hall–Kier alpha value is -1.51. The third-order valence-corrected chi connectivity index (χ3v) is 4.30. The summed E-state index contributed by atoms with van der Waals surface area (Å²) in [7, 11) is 0. The zero-order valence-electron chi connectivity index (χ0n) is 12.1. The number of para-hydroxylation sites is 1. The quantitative estimate of drug-likeness (QED) is 0.906. The molecule has 0 spiro atoms. The number of rotatable bonds is 3. The molecule has 0 saturated carbocycles. The van der Waals surface area contributed by atoms with Crippen molar-refractivity contribution < 1.29 is 9.90 Å². The largest absolute Gasteiger partial charge is 0.481 e. The first-order chi connectivity index (χ1) is 8.91. The maximum absolute atomic E-state index is 10.9. The first-order valence-electron chi connectivity index (χ1n) is 6.94. The molecule has 1 fully saturated rings. The van der Waals surface area contributed by atoms with Gasteiger partial charge in [-0.1, -0.05) is 25.1 Å². The van der Waals surface area contributed by atoms with E-state index in [0.717, 1.165) is 25.9 Å². The van der Waals surface area contributed by atoms with Crippen LogP contribution in [0.5, 0.6) is 0 Å². The fraction of sp³-hybridized carbons (Fsp3) is 0.562. The Labute approximate surface area is 115 Å². The van der Waals surface area contributed by atoms with Gasteiger partial charge in [-0.05, 0) is 43.2 Å². The van der Waals surface area contributed by atoms with E-state index in [1.807, 2.05) is 0 Å². The number of aliphatic carboxylic acids is 1. The van der Waals surface area contributed by atoms with E-state index in [0.29, 0.717) is 0 Å². The molecule has 0 unspecified atom stereocenters. The lowest BCUT2D eigenvalue weighted by molar-refractivity contribution is -0.139. The molecule has 0 atom stereocenters. The summed E-state index contributed by atoms with van der Waals surface area (Å²) in [5.74, 6) is -0.678. The molecule has 1 aliphatic rings. The lowest BCUT2D eigenvalue weighted by atomic mass is 9.77. The zero-order valence-corrected chi connectivity index (χ0v) is 12.1. The van der Waals surface area contributed by atoms with Crippen molar-refractivity contribution in [1.29, 1.82) is 0 Å². The molecular formula is C16H23NO2. The van der Waals surface area contributed by atoms with Gasteiger partial charge in [0.05, 0.1) is 6.42 Å². The summed E-state index contributed by atoms with van der Waals surface area (Å²) in [6.07, 6.45) is 2.19. The number of nitrogens with zero attached hydrogens (tertiary/aromatic N) is 1. The Kier molecular flexibility index (Phi) is 3.83. The normalized spacial score (nSPS) is 18.4. The molecule has 1 saturated heterocycles. The minimum Gasteiger partial charge on any atom is -0.481 e. The lowest BCUT2D eigenvalue weighted by Gasteiger charge is -2.40. The second kappa shape index (κ2) is 5.24. The van der Waals surface area contributed by atoms with Crippen LogP contribution in [0.25, 0.3) is 0 Å². The third-order valence-electron chi connectivity index (χ3n) is 4.30. The molecule has 0 bridgehead atoms. The first-order valence-corrected chi connectivity index (χ1v) is 6.94. The SMILES string of the molecule is Cc1cccc(C)c1N1CCC(C)(CC(=O)O)CC1. The molecule has 19 heavy (non-hydrogen) atoms. The zero-order chi connectivity index (χ0) is 14.0. The van der Waals surface area contributed by atoms with E-state index in [-0.39, 0.29) is 11.8 Å². The summed E-state index contributed by atoms with van der Waals surface area (Å²) in [6.45, 7) is 8.30. The molecular weight excluding hydrogens is 238 g/mol. The Balaban J connectivity index is 2.10. The molecule has 0 radical (unpaired) electrons. The van der Waals surface area contributed by atoms with Gasteiger partial charge in [0.1, 0.15) is 0 Å². The van der Waals surface area contributed by atoms with Crippen molar-refractivity contribution in [3.8, 4) is 0 Å². The van der Waals surface area contributed by atoms with Gasteiger partial charge in [-0.3, -0.25) is 4.79 Å². The van der Waals surface area contributed by atoms with Crippen LogP contribution in [0.1, 0.15) is 37.3 Å². The monoisotopic (exact) mass is 261 g/mol. The van der Waals surface area contributed by atoms with Gasteiger partial charge >= 0.3 is 5.97 Å². The molecule has 1 aromatic carbocycles. The number of aryl methyl sites for hydroxylation is 2. The maximum atomic E-state index is 10.9. The van der Waals surface area contributed by atoms with E-state index in [2.05, 4.69) is 43.9 Å². The van der Waals surface area contributed by atoms with Crippen LogP contribution in [0, 0.1) is 19.3 Å². The molecule has 0 amide bonds. The summed E-state index contributed by atoms with van der Waals surface area (Å²) in [5, 5.41) is 8.99. The fourth-order valence-electron chi connectivity index (χ4n) is 3.12. The van der Waals surface area contributed by atoms with Gasteiger partial charge in [-0.25, -0.2) is 0 Å². The molecule has 104 valence electrons. The van der Waals surface area contributed by atoms with Gasteiger partial charge in [0, 0.05) is 18.8 Å². The molecule has 3 nitrogen and oxygen atoms in total. The van der Waals surface area contributed by atoms with E-state index in [4.69, 9.17) is 5.11 Å². The highest BCUT2D eigenvalue weighted by Crippen LogP contribution is 2.37. The standard InChI is InChI=1S/C16H23NO2/c1-12-5-4-6-13(2)15(12)17-9-7-16(3,8-10-17)11-14(18)19/h4-6H,7-11H2,1-3H3,(H,18,19). The van der Waals surface area contributed by atoms with Crippen LogP contribution in [0.15, 0.2) is 18.2 Å². The highest BCUT2D eigenvalue weighted by Gasteiger charge is 2.32. The van der Waals surface area contributed by atoms with E-state index in [1.165, 1.54) is 16.8 Å². The van der Waals surface area contributed by atoms with Crippen molar-refractivity contribution in [2.75, 3.05) is 18.0 Å². The number of carboxylic acid groups (broad SMARTS) is 1. The molecule has 1 aliphatic heterocycles. The average Bonchev–Trinajstić information content (AvgIpc) is 2.30. The van der Waals surface area contributed by atoms with E-state index in [1.54, 1.807) is 0 Å². The maximum Gasteiger partial charge on any atom is 0.303 e. The number of hydrogen-bond donors (Lipinski definition) is 1. The Bertz CT molecular complexity index is 453. The summed E-state index contributed by atoms with van der Waals surface area (Å²) in [6, 6.07) is 6.38. The van der Waals surface area contributed by atoms with Crippen LogP contribution in [-0.4, -0.2) is 24.2 Å². The lowest BCUT2D eigenvalue weighted by Crippen LogP contribution is -2.40. The van der Waals surface area contributed by atoms with Gasteiger partial charge in [-0.2, -0.15) is 0 Å². The van der Waals surface area contributed by atoms with E-state index >= 15 is 0 Å². The van der Waals surface area contributed by atoms with E-state index in [9.17, 15) is 4.79 Å². The highest BCUT2D eigenvalue weighted by molar-refractivity contribution is 5.68. The second-order valence-corrected chi connectivity index (χ2v) is 6.11. The highest BCUT2D eigenvalue weighted by atomic mass is 16.4. The number of carboxylic acids is 1. The van der Waals surface area contributed by atoms with Crippen molar-refractivity contribution >= 4 is 11.7 Å². The van der Waals surface area contributed by atoms with Crippen LogP contribution in [0.3, 0.4) is 0 Å². The van der Waals surface area contributed by atoms with Crippen LogP contribution in [0.2, 0.25) is 0 Å². The second-order valence-electron chi connectivity index (χ2n) is 6.11. The average molecular weight is 261 g/mol. The van der Waals surface area contributed by atoms with Gasteiger partial charge in [0.15, 0.2) is 0 Å². The summed E-state index contributed by atoms with van der Waals surface area (Å²) in [5.41, 5.74) is 3.90. The number of anilines is 1. The van der Waals surface area contributed by atoms with Gasteiger partial charge in [0.25, 0.3) is 0 Å². The number of piperidine rings is 1. The molecule has 1 heterocycles. The number of benzene rings is 1. The van der Waals surface area contributed by atoms with E-state index < -0.39 is 5.97 Å². The minimum absolute atomic E-state index is 0.0427. The molecule has 0 aliphatic carbocycles. The van der Waals surface area contributed by atoms with Crippen molar-refractivity contribution in [2.45, 2.75) is 40.0 Å². The Morgan fingerprint density at radius 1 is 1.26 bits per heavy atom. The smallest absolute Gasteiger partial charge is 0.303 e. The summed E-state index contributed by atoms with van der Waals surface area (Å²) < 4.78 is 0. The molecule has 0 aromatic heterocycles. The number of hydrogen-bond acceptors (Lipinski definition) is 2.